The van der Waals surface area contributed by atoms with Crippen LogP contribution in [0.5, 0.6) is 0 Å². The zero-order valence-corrected chi connectivity index (χ0v) is 8.11. The van der Waals surface area contributed by atoms with Gasteiger partial charge in [-0.1, -0.05) is 18.2 Å². The fourth-order valence-electron chi connectivity index (χ4n) is 0.810. The predicted molar refractivity (Wildman–Crippen MR) is 39.9 cm³/mol. The molecule has 0 bridgehead atoms. The molecular weight excluding hydrogens is 255 g/mol. The molecule has 4 heteroatoms. The molecule has 1 aromatic rings. The highest BCUT2D eigenvalue weighted by molar-refractivity contribution is 5.45. The lowest BCUT2D eigenvalue weighted by molar-refractivity contribution is -0.605. The van der Waals surface area contributed by atoms with Gasteiger partial charge >= 0.3 is 0 Å². The Bertz CT molecular complexity index is 217. The van der Waals surface area contributed by atoms with Crippen molar-refractivity contribution in [1.82, 2.24) is 0 Å². The van der Waals surface area contributed by atoms with Gasteiger partial charge in [0.1, 0.15) is 6.54 Å². The molecule has 0 unspecified atom stereocenters. The van der Waals surface area contributed by atoms with Crippen LogP contribution in [0, 0.1) is 5.21 Å². The molecule has 0 saturated carbocycles. The van der Waals surface area contributed by atoms with Crippen LogP contribution >= 0.6 is 0 Å². The fourth-order valence-corrected chi connectivity index (χ4v) is 0.810. The molecule has 0 spiro atoms. The summed E-state index contributed by atoms with van der Waals surface area (Å²) in [6, 6.07) is 7.36. The molecule has 3 nitrogen and oxygen atoms in total. The third-order valence-corrected chi connectivity index (χ3v) is 1.36. The standard InChI is InChI=1S/C7H10N2O.HI/c8-7-4-2-1-3-6(7)5-9-10;/h1-4H,5,8-9H2;1H/p-1. The molecule has 1 aromatic carbocycles. The topological polar surface area (TPSA) is 65.7 Å². The zero-order valence-electron chi connectivity index (χ0n) is 5.96. The van der Waals surface area contributed by atoms with Crippen molar-refractivity contribution in [3.05, 3.63) is 35.0 Å². The molecule has 0 fully saturated rings. The highest BCUT2D eigenvalue weighted by Crippen LogP contribution is 2.07. The minimum absolute atomic E-state index is 0. The number of nitrogens with two attached hydrogens (primary N) is 2. The van der Waals surface area contributed by atoms with Gasteiger partial charge in [-0.05, 0) is 6.07 Å². The maximum absolute atomic E-state index is 10.1. The Kier molecular flexibility index (Phi) is 5.18. The van der Waals surface area contributed by atoms with E-state index < -0.39 is 0 Å². The number of quaternary nitrogens is 1. The SMILES string of the molecule is Nc1ccccc1C[NH2+][O-].[I-]. The third kappa shape index (κ3) is 3.04. The summed E-state index contributed by atoms with van der Waals surface area (Å²) in [5, 5.41) is 10.1. The molecule has 0 aromatic heterocycles. The third-order valence-electron chi connectivity index (χ3n) is 1.36. The Balaban J connectivity index is 0.000001000. The van der Waals surface area contributed by atoms with E-state index in [0.29, 0.717) is 12.2 Å². The van der Waals surface area contributed by atoms with Crippen molar-refractivity contribution < 1.29 is 29.5 Å². The maximum Gasteiger partial charge on any atom is 0.103 e. The molecule has 62 valence electrons. The first-order valence-corrected chi connectivity index (χ1v) is 3.11. The van der Waals surface area contributed by atoms with Gasteiger partial charge in [-0.2, -0.15) is 0 Å². The van der Waals surface area contributed by atoms with Crippen LogP contribution in [-0.4, -0.2) is 0 Å². The second-order valence-corrected chi connectivity index (χ2v) is 2.07. The number of benzene rings is 1. The highest BCUT2D eigenvalue weighted by Gasteiger charge is 1.94. The first-order valence-electron chi connectivity index (χ1n) is 3.11. The van der Waals surface area contributed by atoms with E-state index in [1.165, 1.54) is 0 Å². The number of hydrogen-bond donors (Lipinski definition) is 2. The molecule has 0 radical (unpaired) electrons. The lowest BCUT2D eigenvalue weighted by Gasteiger charge is -2.04. The quantitative estimate of drug-likeness (QED) is 0.337. The van der Waals surface area contributed by atoms with Gasteiger partial charge in [0, 0.05) is 11.3 Å². The van der Waals surface area contributed by atoms with E-state index in [0.717, 1.165) is 11.0 Å². The lowest BCUT2D eigenvalue weighted by atomic mass is 10.2. The molecule has 0 aliphatic rings. The summed E-state index contributed by atoms with van der Waals surface area (Å²) >= 11 is 0. The maximum atomic E-state index is 10.1. The molecular formula is C7H10IN2O-. The number of nitrogen functional groups attached to an aromatic ring is 1. The van der Waals surface area contributed by atoms with Crippen molar-refractivity contribution in [2.75, 3.05) is 5.73 Å². The monoisotopic (exact) mass is 265 g/mol. The molecule has 0 aliphatic heterocycles. The summed E-state index contributed by atoms with van der Waals surface area (Å²) < 4.78 is 0. The van der Waals surface area contributed by atoms with Crippen molar-refractivity contribution in [2.45, 2.75) is 6.54 Å². The number of anilines is 1. The number of halogens is 1. The smallest absolute Gasteiger partial charge is 0.103 e. The Morgan fingerprint density at radius 3 is 2.55 bits per heavy atom. The van der Waals surface area contributed by atoms with Crippen LogP contribution < -0.4 is 35.2 Å². The molecule has 1 rings (SSSR count). The number of para-hydroxylation sites is 1. The minimum atomic E-state index is 0. The van der Waals surface area contributed by atoms with E-state index in [-0.39, 0.29) is 24.0 Å². The summed E-state index contributed by atoms with van der Waals surface area (Å²) in [4.78, 5) is 0. The van der Waals surface area contributed by atoms with E-state index in [1.807, 2.05) is 18.2 Å². The van der Waals surface area contributed by atoms with Crippen molar-refractivity contribution in [3.63, 3.8) is 0 Å². The normalized spacial score (nSPS) is 8.82. The average Bonchev–Trinajstić information content (AvgIpc) is 1.94. The number of rotatable bonds is 2. The summed E-state index contributed by atoms with van der Waals surface area (Å²) in [7, 11) is 0. The van der Waals surface area contributed by atoms with Gasteiger partial charge < -0.3 is 40.4 Å². The van der Waals surface area contributed by atoms with Crippen LogP contribution in [0.25, 0.3) is 0 Å². The van der Waals surface area contributed by atoms with Crippen LogP contribution in [0.1, 0.15) is 5.56 Å². The Morgan fingerprint density at radius 2 is 2.00 bits per heavy atom. The van der Waals surface area contributed by atoms with Crippen LogP contribution in [0.3, 0.4) is 0 Å². The predicted octanol–water partition coefficient (Wildman–Crippen LogP) is -3.17. The first-order chi connectivity index (χ1) is 4.84. The van der Waals surface area contributed by atoms with Gasteiger partial charge in [-0.25, -0.2) is 0 Å². The van der Waals surface area contributed by atoms with E-state index >= 15 is 0 Å². The number of hydroxylamine groups is 1. The molecule has 11 heavy (non-hydrogen) atoms. The summed E-state index contributed by atoms with van der Waals surface area (Å²) in [6.45, 7) is 0.409. The van der Waals surface area contributed by atoms with Crippen LogP contribution in [-0.2, 0) is 6.54 Å². The van der Waals surface area contributed by atoms with Crippen LogP contribution in [0.4, 0.5) is 5.69 Å². The molecule has 0 atom stereocenters. The van der Waals surface area contributed by atoms with Gasteiger partial charge in [-0.3, -0.25) is 0 Å². The summed E-state index contributed by atoms with van der Waals surface area (Å²) in [5.74, 6) is 0. The van der Waals surface area contributed by atoms with Gasteiger partial charge in [-0.15, -0.1) is 0 Å². The Labute approximate surface area is 82.6 Å². The summed E-state index contributed by atoms with van der Waals surface area (Å²) in [6.07, 6.45) is 0. The Morgan fingerprint density at radius 1 is 1.36 bits per heavy atom. The molecule has 0 amide bonds. The minimum Gasteiger partial charge on any atom is -1.00 e. The van der Waals surface area contributed by atoms with Gasteiger partial charge in [0.2, 0.25) is 0 Å². The fraction of sp³-hybridized carbons (Fsp3) is 0.143. The van der Waals surface area contributed by atoms with Crippen LogP contribution in [0.2, 0.25) is 0 Å². The molecule has 0 heterocycles. The van der Waals surface area contributed by atoms with Crippen molar-refractivity contribution >= 4 is 5.69 Å². The van der Waals surface area contributed by atoms with E-state index in [9.17, 15) is 5.21 Å². The molecule has 4 N–H and O–H groups in total. The first kappa shape index (κ1) is 10.7. The van der Waals surface area contributed by atoms with Crippen molar-refractivity contribution in [3.8, 4) is 0 Å². The Hall–Kier alpha value is -0.330. The van der Waals surface area contributed by atoms with Crippen LogP contribution in [0.15, 0.2) is 24.3 Å². The van der Waals surface area contributed by atoms with Gasteiger partial charge in [0.25, 0.3) is 0 Å². The van der Waals surface area contributed by atoms with E-state index in [2.05, 4.69) is 0 Å². The second kappa shape index (κ2) is 5.34. The van der Waals surface area contributed by atoms with Gasteiger partial charge in [0.05, 0.1) is 0 Å². The molecule has 0 aliphatic carbocycles. The second-order valence-electron chi connectivity index (χ2n) is 2.07. The largest absolute Gasteiger partial charge is 1.00 e. The molecule has 0 saturated heterocycles. The van der Waals surface area contributed by atoms with Crippen molar-refractivity contribution in [2.24, 2.45) is 0 Å². The summed E-state index contributed by atoms with van der Waals surface area (Å²) in [5.41, 5.74) is 7.99. The van der Waals surface area contributed by atoms with Gasteiger partial charge in [0.15, 0.2) is 0 Å². The van der Waals surface area contributed by atoms with E-state index in [1.54, 1.807) is 6.07 Å². The van der Waals surface area contributed by atoms with E-state index in [4.69, 9.17) is 5.73 Å². The zero-order chi connectivity index (χ0) is 7.40. The average molecular weight is 265 g/mol. The lowest BCUT2D eigenvalue weighted by Crippen LogP contribution is -3.00. The highest BCUT2D eigenvalue weighted by atomic mass is 127. The number of hydrogen-bond acceptors (Lipinski definition) is 2. The van der Waals surface area contributed by atoms with Crippen molar-refractivity contribution in [1.29, 1.82) is 0 Å².